The molecule has 1 aliphatic heterocycles. The van der Waals surface area contributed by atoms with Gasteiger partial charge < -0.3 is 10.5 Å². The number of hydrogen-bond donors (Lipinski definition) is 1. The maximum atomic E-state index is 12.0. The lowest BCUT2D eigenvalue weighted by Crippen LogP contribution is -2.47. The molecule has 2 rings (SSSR count). The first-order valence-electron chi connectivity index (χ1n) is 7.26. The molecular formula is C14H22N4O3. The van der Waals surface area contributed by atoms with Crippen LogP contribution in [0.5, 0.6) is 0 Å². The number of aromatic nitrogens is 2. The number of piperidine rings is 1. The molecule has 0 aliphatic carbocycles. The van der Waals surface area contributed by atoms with Gasteiger partial charge in [-0.05, 0) is 26.3 Å². The lowest BCUT2D eigenvalue weighted by atomic mass is 10.0. The molecule has 2 heterocycles. The Hall–Kier alpha value is -1.89. The average molecular weight is 294 g/mol. The zero-order chi connectivity index (χ0) is 15.4. The van der Waals surface area contributed by atoms with E-state index in [0.717, 1.165) is 31.5 Å². The summed E-state index contributed by atoms with van der Waals surface area (Å²) in [6.07, 6.45) is 4.30. The van der Waals surface area contributed by atoms with E-state index in [4.69, 9.17) is 10.5 Å². The van der Waals surface area contributed by atoms with Crippen LogP contribution in [0.3, 0.4) is 0 Å². The number of hydrogen-bond acceptors (Lipinski definition) is 5. The summed E-state index contributed by atoms with van der Waals surface area (Å²) in [4.78, 5) is 25.5. The van der Waals surface area contributed by atoms with Gasteiger partial charge in [0.05, 0.1) is 24.5 Å². The van der Waals surface area contributed by atoms with E-state index in [1.165, 1.54) is 6.20 Å². The summed E-state index contributed by atoms with van der Waals surface area (Å²) < 4.78 is 6.69. The van der Waals surface area contributed by atoms with Gasteiger partial charge in [0.25, 0.3) is 0 Å². The molecular weight excluding hydrogens is 272 g/mol. The van der Waals surface area contributed by atoms with Crippen molar-refractivity contribution in [1.29, 1.82) is 0 Å². The third-order valence-corrected chi connectivity index (χ3v) is 3.85. The van der Waals surface area contributed by atoms with Crippen LogP contribution >= 0.6 is 0 Å². The molecule has 1 unspecified atom stereocenters. The Balaban J connectivity index is 2.20. The Morgan fingerprint density at radius 1 is 1.48 bits per heavy atom. The third-order valence-electron chi connectivity index (χ3n) is 3.85. The van der Waals surface area contributed by atoms with Crippen LogP contribution in [0.25, 0.3) is 0 Å². The van der Waals surface area contributed by atoms with Gasteiger partial charge in [0, 0.05) is 13.6 Å². The molecule has 0 saturated carbocycles. The van der Waals surface area contributed by atoms with E-state index >= 15 is 0 Å². The molecule has 1 amide bonds. The van der Waals surface area contributed by atoms with Gasteiger partial charge >= 0.3 is 5.97 Å². The number of primary amides is 1. The fourth-order valence-electron chi connectivity index (χ4n) is 2.72. The molecule has 21 heavy (non-hydrogen) atoms. The maximum absolute atomic E-state index is 12.0. The molecule has 1 fully saturated rings. The van der Waals surface area contributed by atoms with Crippen LogP contribution in [-0.4, -0.2) is 45.8 Å². The van der Waals surface area contributed by atoms with Crippen molar-refractivity contribution in [3.63, 3.8) is 0 Å². The van der Waals surface area contributed by atoms with Crippen molar-refractivity contribution in [3.05, 3.63) is 17.5 Å². The number of carbonyl (C=O) groups excluding carboxylic acids is 2. The number of esters is 1. The standard InChI is InChI=1S/C14H22N4O3/c1-3-21-14(20)10-8-16-17(2)12(10)9-18-7-5-4-6-11(18)13(15)19/h8,11H,3-7,9H2,1-2H3,(H2,15,19). The van der Waals surface area contributed by atoms with Crippen molar-refractivity contribution < 1.29 is 14.3 Å². The van der Waals surface area contributed by atoms with Crippen LogP contribution in [0.4, 0.5) is 0 Å². The molecule has 1 atom stereocenters. The molecule has 7 nitrogen and oxygen atoms in total. The second-order valence-electron chi connectivity index (χ2n) is 5.23. The second kappa shape index (κ2) is 6.71. The van der Waals surface area contributed by atoms with E-state index in [0.29, 0.717) is 18.7 Å². The fourth-order valence-corrected chi connectivity index (χ4v) is 2.72. The molecule has 1 aromatic heterocycles. The number of ether oxygens (including phenoxy) is 1. The van der Waals surface area contributed by atoms with Gasteiger partial charge in [-0.3, -0.25) is 14.4 Å². The van der Waals surface area contributed by atoms with Gasteiger partial charge in [0.1, 0.15) is 5.56 Å². The highest BCUT2D eigenvalue weighted by atomic mass is 16.5. The Morgan fingerprint density at radius 3 is 2.90 bits per heavy atom. The van der Waals surface area contributed by atoms with Crippen molar-refractivity contribution in [2.45, 2.75) is 38.8 Å². The minimum atomic E-state index is -0.381. The number of aryl methyl sites for hydroxylation is 1. The van der Waals surface area contributed by atoms with Gasteiger partial charge in [-0.2, -0.15) is 5.10 Å². The molecule has 116 valence electrons. The van der Waals surface area contributed by atoms with E-state index in [-0.39, 0.29) is 17.9 Å². The number of nitrogens with two attached hydrogens (primary N) is 1. The van der Waals surface area contributed by atoms with E-state index in [2.05, 4.69) is 5.10 Å². The number of carbonyl (C=O) groups is 2. The lowest BCUT2D eigenvalue weighted by Gasteiger charge is -2.33. The van der Waals surface area contributed by atoms with E-state index in [1.54, 1.807) is 18.7 Å². The van der Waals surface area contributed by atoms with Crippen molar-refractivity contribution >= 4 is 11.9 Å². The van der Waals surface area contributed by atoms with Crippen LogP contribution in [0.2, 0.25) is 0 Å². The summed E-state index contributed by atoms with van der Waals surface area (Å²) >= 11 is 0. The number of rotatable bonds is 5. The predicted octanol–water partition coefficient (Wildman–Crippen LogP) is 0.437. The Morgan fingerprint density at radius 2 is 2.24 bits per heavy atom. The largest absolute Gasteiger partial charge is 0.462 e. The maximum Gasteiger partial charge on any atom is 0.341 e. The zero-order valence-electron chi connectivity index (χ0n) is 12.5. The van der Waals surface area contributed by atoms with E-state index in [9.17, 15) is 9.59 Å². The van der Waals surface area contributed by atoms with Crippen LogP contribution in [0, 0.1) is 0 Å². The van der Waals surface area contributed by atoms with Gasteiger partial charge in [0.15, 0.2) is 0 Å². The number of amides is 1. The van der Waals surface area contributed by atoms with Gasteiger partial charge in [0.2, 0.25) is 5.91 Å². The Labute approximate surface area is 124 Å². The number of likely N-dealkylation sites (tertiary alicyclic amines) is 1. The highest BCUT2D eigenvalue weighted by Crippen LogP contribution is 2.21. The number of nitrogens with zero attached hydrogens (tertiary/aromatic N) is 3. The zero-order valence-corrected chi connectivity index (χ0v) is 12.5. The molecule has 1 saturated heterocycles. The molecule has 0 bridgehead atoms. The quantitative estimate of drug-likeness (QED) is 0.796. The smallest absolute Gasteiger partial charge is 0.341 e. The highest BCUT2D eigenvalue weighted by Gasteiger charge is 2.29. The van der Waals surface area contributed by atoms with Crippen LogP contribution in [0.15, 0.2) is 6.20 Å². The van der Waals surface area contributed by atoms with Gasteiger partial charge in [-0.1, -0.05) is 6.42 Å². The average Bonchev–Trinajstić information content (AvgIpc) is 2.81. The molecule has 0 aromatic carbocycles. The van der Waals surface area contributed by atoms with Crippen LogP contribution < -0.4 is 5.73 Å². The van der Waals surface area contributed by atoms with E-state index < -0.39 is 0 Å². The minimum absolute atomic E-state index is 0.274. The Kier molecular flexibility index (Phi) is 4.95. The van der Waals surface area contributed by atoms with Crippen molar-refractivity contribution in [2.24, 2.45) is 12.8 Å². The highest BCUT2D eigenvalue weighted by molar-refractivity contribution is 5.90. The third kappa shape index (κ3) is 3.41. The van der Waals surface area contributed by atoms with Crippen molar-refractivity contribution in [1.82, 2.24) is 14.7 Å². The molecule has 0 radical (unpaired) electrons. The fraction of sp³-hybridized carbons (Fsp3) is 0.643. The predicted molar refractivity (Wildman–Crippen MR) is 76.4 cm³/mol. The van der Waals surface area contributed by atoms with Gasteiger partial charge in [-0.25, -0.2) is 4.79 Å². The van der Waals surface area contributed by atoms with Crippen LogP contribution in [0.1, 0.15) is 42.2 Å². The molecule has 0 spiro atoms. The van der Waals surface area contributed by atoms with E-state index in [1.807, 2.05) is 4.90 Å². The summed E-state index contributed by atoms with van der Waals surface area (Å²) in [5.74, 6) is -0.692. The first-order chi connectivity index (χ1) is 10.0. The SMILES string of the molecule is CCOC(=O)c1cnn(C)c1CN1CCCCC1C(N)=O. The summed E-state index contributed by atoms with van der Waals surface area (Å²) in [6, 6.07) is -0.274. The summed E-state index contributed by atoms with van der Waals surface area (Å²) in [6.45, 7) is 3.35. The normalized spacial score (nSPS) is 19.4. The molecule has 2 N–H and O–H groups in total. The first-order valence-corrected chi connectivity index (χ1v) is 7.26. The van der Waals surface area contributed by atoms with Crippen molar-refractivity contribution in [2.75, 3.05) is 13.2 Å². The summed E-state index contributed by atoms with van der Waals surface area (Å²) in [7, 11) is 1.78. The minimum Gasteiger partial charge on any atom is -0.462 e. The molecule has 1 aliphatic rings. The topological polar surface area (TPSA) is 90.4 Å². The second-order valence-corrected chi connectivity index (χ2v) is 5.23. The van der Waals surface area contributed by atoms with Crippen molar-refractivity contribution in [3.8, 4) is 0 Å². The molecule has 1 aromatic rings. The summed E-state index contributed by atoms with van der Waals surface area (Å²) in [5.41, 5.74) is 6.68. The van der Waals surface area contributed by atoms with Gasteiger partial charge in [-0.15, -0.1) is 0 Å². The molecule has 7 heteroatoms. The Bertz CT molecular complexity index is 526. The monoisotopic (exact) mass is 294 g/mol. The lowest BCUT2D eigenvalue weighted by molar-refractivity contribution is -0.124. The van der Waals surface area contributed by atoms with Crippen LogP contribution in [-0.2, 0) is 23.1 Å². The first kappa shape index (κ1) is 15.5. The summed E-state index contributed by atoms with van der Waals surface area (Å²) in [5, 5.41) is 4.13.